The fourth-order valence-electron chi connectivity index (χ4n) is 1.74. The fraction of sp³-hybridized carbons (Fsp3) is 1.00. The van der Waals surface area contributed by atoms with Crippen molar-refractivity contribution in [2.45, 2.75) is 65.2 Å². The molecule has 0 aromatic rings. The van der Waals surface area contributed by atoms with Gasteiger partial charge in [0.05, 0.1) is 6.61 Å². The smallest absolute Gasteiger partial charge is 0.264 e. The van der Waals surface area contributed by atoms with Crippen LogP contribution in [0.1, 0.15) is 65.2 Å². The summed E-state index contributed by atoms with van der Waals surface area (Å²) in [4.78, 5) is 0. The molecule has 1 unspecified atom stereocenters. The van der Waals surface area contributed by atoms with Gasteiger partial charge in [-0.2, -0.15) is 8.42 Å². The van der Waals surface area contributed by atoms with Gasteiger partial charge in [0.15, 0.2) is 0 Å². The van der Waals surface area contributed by atoms with Crippen molar-refractivity contribution in [2.24, 2.45) is 5.92 Å². The molecule has 0 bridgehead atoms. The molecule has 0 fully saturated rings. The average molecular weight is 266 g/mol. The van der Waals surface area contributed by atoms with Gasteiger partial charge >= 0.3 is 10.4 Å². The van der Waals surface area contributed by atoms with Crippen molar-refractivity contribution in [1.29, 1.82) is 0 Å². The number of hydrogen-bond acceptors (Lipinski definition) is 3. The number of hydrogen-bond donors (Lipinski definition) is 1. The topological polar surface area (TPSA) is 63.6 Å². The summed E-state index contributed by atoms with van der Waals surface area (Å²) >= 11 is 0. The molecule has 0 spiro atoms. The highest BCUT2D eigenvalue weighted by Gasteiger charge is 2.08. The third-order valence-electron chi connectivity index (χ3n) is 2.80. The Balaban J connectivity index is 3.30. The van der Waals surface area contributed by atoms with Gasteiger partial charge in [-0.15, -0.1) is 0 Å². The third kappa shape index (κ3) is 13.8. The van der Waals surface area contributed by atoms with Crippen LogP contribution in [0.15, 0.2) is 0 Å². The van der Waals surface area contributed by atoms with Gasteiger partial charge < -0.3 is 0 Å². The first kappa shape index (κ1) is 16.9. The summed E-state index contributed by atoms with van der Waals surface area (Å²) < 4.78 is 33.4. The van der Waals surface area contributed by atoms with E-state index >= 15 is 0 Å². The third-order valence-corrected chi connectivity index (χ3v) is 3.24. The number of unbranched alkanes of at least 4 members (excludes halogenated alkanes) is 6. The Hall–Kier alpha value is -0.130. The fourth-order valence-corrected chi connectivity index (χ4v) is 2.14. The van der Waals surface area contributed by atoms with E-state index in [1.807, 2.05) is 6.92 Å². The molecule has 0 aliphatic rings. The molecule has 1 atom stereocenters. The molecule has 0 aromatic heterocycles. The molecular weight excluding hydrogens is 240 g/mol. The predicted molar refractivity (Wildman–Crippen MR) is 69.3 cm³/mol. The van der Waals surface area contributed by atoms with Crippen molar-refractivity contribution in [1.82, 2.24) is 0 Å². The van der Waals surface area contributed by atoms with Crippen LogP contribution in [0.3, 0.4) is 0 Å². The highest BCUT2D eigenvalue weighted by molar-refractivity contribution is 7.80. The van der Waals surface area contributed by atoms with E-state index in [2.05, 4.69) is 11.1 Å². The van der Waals surface area contributed by atoms with Crippen molar-refractivity contribution in [3.63, 3.8) is 0 Å². The Labute approximate surface area is 106 Å². The summed E-state index contributed by atoms with van der Waals surface area (Å²) in [7, 11) is -4.26. The Bertz CT molecular complexity index is 262. The minimum Gasteiger partial charge on any atom is -0.264 e. The Kier molecular flexibility index (Phi) is 9.78. The zero-order valence-corrected chi connectivity index (χ0v) is 11.8. The van der Waals surface area contributed by atoms with Crippen LogP contribution in [0.4, 0.5) is 0 Å². The second-order valence-electron chi connectivity index (χ2n) is 4.73. The van der Waals surface area contributed by atoms with Crippen molar-refractivity contribution in [3.8, 4) is 0 Å². The molecule has 5 heteroatoms. The highest BCUT2D eigenvalue weighted by atomic mass is 32.3. The summed E-state index contributed by atoms with van der Waals surface area (Å²) in [6.07, 6.45) is 9.70. The summed E-state index contributed by atoms with van der Waals surface area (Å²) in [5, 5.41) is 0. The molecule has 0 aliphatic heterocycles. The van der Waals surface area contributed by atoms with Crippen molar-refractivity contribution in [3.05, 3.63) is 0 Å². The maximum Gasteiger partial charge on any atom is 0.397 e. The van der Waals surface area contributed by atoms with Gasteiger partial charge in [-0.3, -0.25) is 4.55 Å². The molecule has 0 aromatic carbocycles. The first-order chi connectivity index (χ1) is 7.95. The predicted octanol–water partition coefficient (Wildman–Crippen LogP) is 3.58. The van der Waals surface area contributed by atoms with Gasteiger partial charge in [-0.1, -0.05) is 58.8 Å². The van der Waals surface area contributed by atoms with E-state index in [1.54, 1.807) is 0 Å². The molecule has 4 nitrogen and oxygen atoms in total. The highest BCUT2D eigenvalue weighted by Crippen LogP contribution is 2.13. The molecule has 0 heterocycles. The lowest BCUT2D eigenvalue weighted by Crippen LogP contribution is -2.11. The van der Waals surface area contributed by atoms with Gasteiger partial charge in [0, 0.05) is 0 Å². The molecule has 0 aliphatic carbocycles. The van der Waals surface area contributed by atoms with E-state index in [0.29, 0.717) is 0 Å². The molecule has 104 valence electrons. The average Bonchev–Trinajstić information content (AvgIpc) is 2.24. The molecule has 17 heavy (non-hydrogen) atoms. The molecule has 0 saturated heterocycles. The summed E-state index contributed by atoms with van der Waals surface area (Å²) in [6.45, 7) is 4.22. The first-order valence-corrected chi connectivity index (χ1v) is 7.94. The van der Waals surface area contributed by atoms with Gasteiger partial charge in [0.2, 0.25) is 0 Å². The van der Waals surface area contributed by atoms with Crippen LogP contribution in [0.25, 0.3) is 0 Å². The largest absolute Gasteiger partial charge is 0.397 e. The summed E-state index contributed by atoms with van der Waals surface area (Å²) in [5.74, 6) is 0.174. The van der Waals surface area contributed by atoms with Gasteiger partial charge in [-0.05, 0) is 12.3 Å². The lowest BCUT2D eigenvalue weighted by Gasteiger charge is -2.09. The summed E-state index contributed by atoms with van der Waals surface area (Å²) in [6, 6.07) is 0. The van der Waals surface area contributed by atoms with Crippen molar-refractivity contribution in [2.75, 3.05) is 6.61 Å². The SMILES string of the molecule is CCCCCCCCCC(C)COS(=O)(=O)O. The van der Waals surface area contributed by atoms with E-state index in [0.717, 1.165) is 12.8 Å². The van der Waals surface area contributed by atoms with Crippen LogP contribution >= 0.6 is 0 Å². The van der Waals surface area contributed by atoms with Crippen LogP contribution in [0, 0.1) is 5.92 Å². The van der Waals surface area contributed by atoms with E-state index in [4.69, 9.17) is 4.55 Å². The maximum atomic E-state index is 10.3. The maximum absolute atomic E-state index is 10.3. The molecular formula is C12H26O4S. The van der Waals surface area contributed by atoms with Crippen LogP contribution in [0.5, 0.6) is 0 Å². The van der Waals surface area contributed by atoms with Crippen LogP contribution in [-0.2, 0) is 14.6 Å². The zero-order valence-electron chi connectivity index (χ0n) is 11.0. The molecule has 0 radical (unpaired) electrons. The Morgan fingerprint density at radius 1 is 1.06 bits per heavy atom. The molecule has 0 rings (SSSR count). The van der Waals surface area contributed by atoms with Crippen molar-refractivity contribution >= 4 is 10.4 Å². The standard InChI is InChI=1S/C12H26O4S/c1-3-4-5-6-7-8-9-10-12(2)11-16-17(13,14)15/h12H,3-11H2,1-2H3,(H,13,14,15). The lowest BCUT2D eigenvalue weighted by atomic mass is 10.0. The first-order valence-electron chi connectivity index (χ1n) is 6.57. The molecule has 1 N–H and O–H groups in total. The molecule has 0 amide bonds. The minimum absolute atomic E-state index is 0.0780. The second-order valence-corrected chi connectivity index (χ2v) is 5.82. The Morgan fingerprint density at radius 2 is 1.59 bits per heavy atom. The van der Waals surface area contributed by atoms with Gasteiger partial charge in [0.1, 0.15) is 0 Å². The van der Waals surface area contributed by atoms with E-state index in [-0.39, 0.29) is 12.5 Å². The lowest BCUT2D eigenvalue weighted by molar-refractivity contribution is 0.222. The zero-order chi connectivity index (χ0) is 13.1. The van der Waals surface area contributed by atoms with Gasteiger partial charge in [-0.25, -0.2) is 4.18 Å². The summed E-state index contributed by atoms with van der Waals surface area (Å²) in [5.41, 5.74) is 0. The van der Waals surface area contributed by atoms with Gasteiger partial charge in [0.25, 0.3) is 0 Å². The normalized spacial score (nSPS) is 13.8. The van der Waals surface area contributed by atoms with Crippen LogP contribution in [-0.4, -0.2) is 19.6 Å². The minimum atomic E-state index is -4.26. The Morgan fingerprint density at radius 3 is 2.12 bits per heavy atom. The van der Waals surface area contributed by atoms with Crippen LogP contribution < -0.4 is 0 Å². The van der Waals surface area contributed by atoms with E-state index in [9.17, 15) is 8.42 Å². The van der Waals surface area contributed by atoms with E-state index < -0.39 is 10.4 Å². The van der Waals surface area contributed by atoms with Crippen LogP contribution in [0.2, 0.25) is 0 Å². The quantitative estimate of drug-likeness (QED) is 0.458. The second kappa shape index (κ2) is 9.85. The monoisotopic (exact) mass is 266 g/mol. The molecule has 0 saturated carbocycles. The van der Waals surface area contributed by atoms with E-state index in [1.165, 1.54) is 38.5 Å². The number of rotatable bonds is 11. The van der Waals surface area contributed by atoms with Crippen molar-refractivity contribution < 1.29 is 17.2 Å².